The van der Waals surface area contributed by atoms with E-state index in [0.717, 1.165) is 64.4 Å². The van der Waals surface area contributed by atoms with Gasteiger partial charge in [-0.3, -0.25) is 15.1 Å². The van der Waals surface area contributed by atoms with Crippen LogP contribution in [0.3, 0.4) is 0 Å². The first-order valence-corrected chi connectivity index (χ1v) is 22.9. The minimum atomic E-state index is -4.27. The minimum absolute atomic E-state index is 0.0666. The lowest BCUT2D eigenvalue weighted by atomic mass is 10.1. The SMILES string of the molecule is CCCn1ccc(=Nc2ccc(C(=O)Nc3ccc(-c4c[n+](CCC)c(N)nc4N)cc3)c(N)c2)c2cc(N)ccc21.Cc1ccc(S(=O)(=O)O)cc1.Cc1ccc(S(=O)(=O)[O-])cc1. The molecule has 1 amide bonds. The fraction of sp³-hybridized carbons (Fsp3) is 0.174. The first-order chi connectivity index (χ1) is 30.3. The number of nitrogen functional groups attached to an aromatic ring is 4. The van der Waals surface area contributed by atoms with Crippen LogP contribution in [0.5, 0.6) is 0 Å². The van der Waals surface area contributed by atoms with E-state index in [1.165, 1.54) is 24.3 Å². The molecule has 0 aliphatic carbocycles. The van der Waals surface area contributed by atoms with Gasteiger partial charge in [0.25, 0.3) is 16.0 Å². The van der Waals surface area contributed by atoms with Crippen molar-refractivity contribution in [1.82, 2.24) is 9.55 Å². The normalized spacial score (nSPS) is 11.6. The standard InChI is InChI=1S/C32H35N9O.2C7H8O3S/c1-3-14-40-16-13-28(25-17-21(33)7-12-29(25)40)37-23-10-11-24(27(34)18-23)31(42)38-22-8-5-20(6-9-22)26-19-41(15-4-2)32(36)39-30(26)35;2*1-6-2-4-7(5-3-6)11(8,9)10/h5-13,16-19H,3-4,14-15,33H2,1-2H3,(H6,34,35,36,38,39,42);2*2-5H,1H3,(H,8,9,10). The van der Waals surface area contributed by atoms with E-state index in [2.05, 4.69) is 28.7 Å². The lowest BCUT2D eigenvalue weighted by Gasteiger charge is -2.11. The predicted molar refractivity (Wildman–Crippen MR) is 250 cm³/mol. The van der Waals surface area contributed by atoms with E-state index in [-0.39, 0.29) is 15.7 Å². The lowest BCUT2D eigenvalue weighted by molar-refractivity contribution is -0.684. The summed E-state index contributed by atoms with van der Waals surface area (Å²) in [5.41, 5.74) is 31.7. The monoisotopic (exact) mass is 905 g/mol. The molecule has 0 atom stereocenters. The van der Waals surface area contributed by atoms with E-state index in [1.807, 2.05) is 79.3 Å². The number of nitrogens with one attached hydrogen (secondary N) is 1. The highest BCUT2D eigenvalue weighted by molar-refractivity contribution is 7.86. The van der Waals surface area contributed by atoms with Gasteiger partial charge in [-0.2, -0.15) is 8.42 Å². The number of amides is 1. The summed E-state index contributed by atoms with van der Waals surface area (Å²) in [6.45, 7) is 9.50. The number of nitrogens with two attached hydrogens (primary N) is 4. The van der Waals surface area contributed by atoms with Gasteiger partial charge in [-0.25, -0.2) is 18.0 Å². The molecule has 0 aliphatic rings. The second-order valence-corrected chi connectivity index (χ2v) is 17.5. The fourth-order valence-corrected chi connectivity index (χ4v) is 7.31. The van der Waals surface area contributed by atoms with Crippen molar-refractivity contribution in [3.63, 3.8) is 0 Å². The van der Waals surface area contributed by atoms with E-state index in [4.69, 9.17) is 32.5 Å². The maximum Gasteiger partial charge on any atom is 0.391 e. The van der Waals surface area contributed by atoms with E-state index in [9.17, 15) is 26.2 Å². The molecule has 0 spiro atoms. The molecule has 2 aromatic heterocycles. The first-order valence-electron chi connectivity index (χ1n) is 20.0. The molecule has 0 bridgehead atoms. The molecule has 0 saturated heterocycles. The highest BCUT2D eigenvalue weighted by Gasteiger charge is 2.16. The zero-order chi connectivity index (χ0) is 46.8. The average molecular weight is 906 g/mol. The van der Waals surface area contributed by atoms with Crippen LogP contribution in [-0.2, 0) is 33.3 Å². The third-order valence-corrected chi connectivity index (χ3v) is 11.4. The number of carbonyl (C=O) groups excluding carboxylic acids is 1. The van der Waals surface area contributed by atoms with E-state index in [0.29, 0.717) is 40.1 Å². The Hall–Kier alpha value is -7.12. The van der Waals surface area contributed by atoms with Crippen LogP contribution in [0.15, 0.2) is 142 Å². The molecule has 7 rings (SSSR count). The molecule has 64 heavy (non-hydrogen) atoms. The zero-order valence-electron chi connectivity index (χ0n) is 35.8. The summed E-state index contributed by atoms with van der Waals surface area (Å²) in [5, 5.41) is 4.64. The molecule has 18 heteroatoms. The van der Waals surface area contributed by atoms with E-state index < -0.39 is 20.2 Å². The molecule has 0 fully saturated rings. The van der Waals surface area contributed by atoms with Gasteiger partial charge in [0, 0.05) is 35.2 Å². The van der Waals surface area contributed by atoms with Gasteiger partial charge < -0.3 is 31.6 Å². The summed E-state index contributed by atoms with van der Waals surface area (Å²) in [6.07, 6.45) is 5.86. The van der Waals surface area contributed by atoms with Crippen molar-refractivity contribution in [3.05, 3.63) is 150 Å². The van der Waals surface area contributed by atoms with Crippen LogP contribution in [0.25, 0.3) is 22.0 Å². The van der Waals surface area contributed by atoms with Crippen molar-refractivity contribution < 1.29 is 35.3 Å². The van der Waals surface area contributed by atoms with Crippen molar-refractivity contribution in [2.24, 2.45) is 4.99 Å². The molecule has 16 nitrogen and oxygen atoms in total. The molecule has 0 saturated carbocycles. The number of fused-ring (bicyclic) bond motifs is 1. The van der Waals surface area contributed by atoms with Crippen LogP contribution >= 0.6 is 0 Å². The van der Waals surface area contributed by atoms with Crippen LogP contribution in [0, 0.1) is 13.8 Å². The largest absolute Gasteiger partial charge is 0.744 e. The second kappa shape index (κ2) is 20.8. The molecule has 0 aliphatic heterocycles. The number of hydrogen-bond donors (Lipinski definition) is 6. The van der Waals surface area contributed by atoms with Gasteiger partial charge in [0.1, 0.15) is 10.1 Å². The Labute approximate surface area is 372 Å². The van der Waals surface area contributed by atoms with E-state index in [1.54, 1.807) is 42.5 Å². The summed E-state index contributed by atoms with van der Waals surface area (Å²) < 4.78 is 64.8. The molecule has 5 aromatic carbocycles. The first kappa shape index (κ1) is 47.9. The smallest absolute Gasteiger partial charge is 0.391 e. The average Bonchev–Trinajstić information content (AvgIpc) is 3.23. The minimum Gasteiger partial charge on any atom is -0.744 e. The van der Waals surface area contributed by atoms with E-state index >= 15 is 0 Å². The number of aromatic nitrogens is 3. The van der Waals surface area contributed by atoms with Crippen molar-refractivity contribution in [1.29, 1.82) is 0 Å². The number of nitrogens with zero attached hydrogens (tertiary/aromatic N) is 4. The summed E-state index contributed by atoms with van der Waals surface area (Å²) in [7, 11) is -8.29. The molecular formula is C46H51N9O7S2. The van der Waals surface area contributed by atoms with Gasteiger partial charge in [0.05, 0.1) is 50.2 Å². The Morgan fingerprint density at radius 2 is 1.42 bits per heavy atom. The summed E-state index contributed by atoms with van der Waals surface area (Å²) in [6, 6.07) is 32.1. The number of hydrogen-bond acceptors (Lipinski definition) is 12. The van der Waals surface area contributed by atoms with Gasteiger partial charge in [0.15, 0.2) is 0 Å². The Kier molecular flexibility index (Phi) is 15.6. The van der Waals surface area contributed by atoms with Gasteiger partial charge in [-0.05, 0) is 111 Å². The molecule has 7 aromatic rings. The highest BCUT2D eigenvalue weighted by Crippen LogP contribution is 2.27. The zero-order valence-corrected chi connectivity index (χ0v) is 37.4. The Bertz CT molecular complexity index is 3000. The highest BCUT2D eigenvalue weighted by atomic mass is 32.2. The van der Waals surface area contributed by atoms with Gasteiger partial charge in [-0.15, -0.1) is 0 Å². The topological polar surface area (TPSA) is 279 Å². The van der Waals surface area contributed by atoms with Gasteiger partial charge in [-0.1, -0.05) is 66.4 Å². The van der Waals surface area contributed by atoms with Crippen molar-refractivity contribution in [2.45, 2.75) is 63.4 Å². The number of pyridine rings is 1. The number of benzene rings is 5. The molecule has 2 heterocycles. The number of anilines is 5. The maximum absolute atomic E-state index is 13.1. The van der Waals surface area contributed by atoms with Crippen LogP contribution in [0.2, 0.25) is 0 Å². The Balaban J connectivity index is 0.000000284. The predicted octanol–water partition coefficient (Wildman–Crippen LogP) is 6.77. The molecule has 0 unspecified atom stereocenters. The number of carbonyl (C=O) groups is 1. The molecule has 334 valence electrons. The summed E-state index contributed by atoms with van der Waals surface area (Å²) >= 11 is 0. The van der Waals surface area contributed by atoms with Gasteiger partial charge in [0.2, 0.25) is 5.82 Å². The van der Waals surface area contributed by atoms with Gasteiger partial charge >= 0.3 is 5.95 Å². The van der Waals surface area contributed by atoms with Crippen molar-refractivity contribution >= 4 is 71.6 Å². The van der Waals surface area contributed by atoms with Crippen molar-refractivity contribution in [3.8, 4) is 11.1 Å². The van der Waals surface area contributed by atoms with Crippen LogP contribution in [-0.4, -0.2) is 41.4 Å². The quantitative estimate of drug-likeness (QED) is 0.0472. The van der Waals surface area contributed by atoms with Crippen LogP contribution in [0.4, 0.5) is 34.5 Å². The summed E-state index contributed by atoms with van der Waals surface area (Å²) in [5.74, 6) is 0.405. The van der Waals surface area contributed by atoms with Crippen LogP contribution < -0.4 is 38.2 Å². The Morgan fingerprint density at radius 3 is 1.98 bits per heavy atom. The van der Waals surface area contributed by atoms with Crippen molar-refractivity contribution in [2.75, 3.05) is 28.3 Å². The van der Waals surface area contributed by atoms with Crippen LogP contribution in [0.1, 0.15) is 48.2 Å². The Morgan fingerprint density at radius 1 is 0.797 bits per heavy atom. The fourth-order valence-electron chi connectivity index (χ4n) is 6.36. The third kappa shape index (κ3) is 12.7. The summed E-state index contributed by atoms with van der Waals surface area (Å²) in [4.78, 5) is 21.9. The number of aryl methyl sites for hydroxylation is 4. The number of rotatable bonds is 10. The molecule has 0 radical (unpaired) electrons. The maximum atomic E-state index is 13.1. The third-order valence-electron chi connectivity index (χ3n) is 9.65. The molecule has 10 N–H and O–H groups in total. The molecular weight excluding hydrogens is 855 g/mol. The second-order valence-electron chi connectivity index (χ2n) is 14.7. The lowest BCUT2D eigenvalue weighted by Crippen LogP contribution is -2.38.